The molecule has 0 saturated carbocycles. The molecule has 0 aliphatic rings. The molecule has 0 fully saturated rings. The van der Waals surface area contributed by atoms with E-state index in [9.17, 15) is 0 Å². The van der Waals surface area contributed by atoms with E-state index in [1.165, 1.54) is 23.5 Å². The molecule has 1 rings (SSSR count). The topological polar surface area (TPSA) is 24.9 Å². The lowest BCUT2D eigenvalue weighted by molar-refractivity contribution is 0.448. The molecule has 1 heterocycles. The van der Waals surface area contributed by atoms with Gasteiger partial charge in [0.2, 0.25) is 0 Å². The predicted molar refractivity (Wildman–Crippen MR) is 72.0 cm³/mol. The third kappa shape index (κ3) is 4.22. The average Bonchev–Trinajstić information content (AvgIpc) is 2.73. The Balaban J connectivity index is 2.31. The van der Waals surface area contributed by atoms with Gasteiger partial charge in [-0.05, 0) is 12.5 Å². The van der Waals surface area contributed by atoms with E-state index in [4.69, 9.17) is 0 Å². The number of nitrogens with one attached hydrogen (secondary N) is 1. The van der Waals surface area contributed by atoms with Gasteiger partial charge in [-0.15, -0.1) is 11.3 Å². The van der Waals surface area contributed by atoms with Gasteiger partial charge in [0.25, 0.3) is 0 Å². The third-order valence-electron chi connectivity index (χ3n) is 2.96. The van der Waals surface area contributed by atoms with E-state index in [0.29, 0.717) is 5.92 Å². The first-order valence-corrected chi connectivity index (χ1v) is 7.20. The first-order valence-electron chi connectivity index (χ1n) is 6.32. The number of rotatable bonds is 7. The van der Waals surface area contributed by atoms with Crippen LogP contribution in [0.2, 0.25) is 0 Å². The first-order chi connectivity index (χ1) is 7.67. The predicted octanol–water partition coefficient (Wildman–Crippen LogP) is 3.79. The summed E-state index contributed by atoms with van der Waals surface area (Å²) >= 11 is 1.78. The summed E-state index contributed by atoms with van der Waals surface area (Å²) in [6, 6.07) is 0. The van der Waals surface area contributed by atoms with Gasteiger partial charge < -0.3 is 5.32 Å². The van der Waals surface area contributed by atoms with E-state index < -0.39 is 0 Å². The SMILES string of the molecule is CCC(CC)CNCc1csc(C(C)C)n1. The van der Waals surface area contributed by atoms with Gasteiger partial charge in [-0.2, -0.15) is 0 Å². The summed E-state index contributed by atoms with van der Waals surface area (Å²) in [4.78, 5) is 4.61. The molecular formula is C13H24N2S. The minimum absolute atomic E-state index is 0.554. The quantitative estimate of drug-likeness (QED) is 0.784. The highest BCUT2D eigenvalue weighted by Crippen LogP contribution is 2.19. The van der Waals surface area contributed by atoms with Crippen molar-refractivity contribution in [1.82, 2.24) is 10.3 Å². The third-order valence-corrected chi connectivity index (χ3v) is 4.15. The second kappa shape index (κ2) is 7.02. The van der Waals surface area contributed by atoms with Crippen LogP contribution in [0.25, 0.3) is 0 Å². The smallest absolute Gasteiger partial charge is 0.0954 e. The molecule has 0 saturated heterocycles. The molecule has 0 radical (unpaired) electrons. The van der Waals surface area contributed by atoms with Crippen LogP contribution < -0.4 is 5.32 Å². The van der Waals surface area contributed by atoms with E-state index in [-0.39, 0.29) is 0 Å². The molecule has 3 heteroatoms. The highest BCUT2D eigenvalue weighted by molar-refractivity contribution is 7.09. The Kier molecular flexibility index (Phi) is 5.99. The van der Waals surface area contributed by atoms with Gasteiger partial charge in [0, 0.05) is 17.8 Å². The van der Waals surface area contributed by atoms with Crippen molar-refractivity contribution in [2.24, 2.45) is 5.92 Å². The Labute approximate surface area is 103 Å². The lowest BCUT2D eigenvalue weighted by atomic mass is 10.0. The van der Waals surface area contributed by atoms with Gasteiger partial charge in [0.05, 0.1) is 10.7 Å². The minimum atomic E-state index is 0.554. The fourth-order valence-electron chi connectivity index (χ4n) is 1.65. The van der Waals surface area contributed by atoms with Gasteiger partial charge in [-0.1, -0.05) is 40.5 Å². The van der Waals surface area contributed by atoms with Crippen molar-refractivity contribution in [2.45, 2.75) is 53.0 Å². The molecule has 0 aromatic carbocycles. The second-order valence-electron chi connectivity index (χ2n) is 4.65. The fourth-order valence-corrected chi connectivity index (χ4v) is 2.49. The number of aromatic nitrogens is 1. The molecule has 2 nitrogen and oxygen atoms in total. The monoisotopic (exact) mass is 240 g/mol. The zero-order valence-corrected chi connectivity index (χ0v) is 11.7. The standard InChI is InChI=1S/C13H24N2S/c1-5-11(6-2)7-14-8-12-9-16-13(15-12)10(3)4/h9-11,14H,5-8H2,1-4H3. The van der Waals surface area contributed by atoms with E-state index in [1.807, 2.05) is 0 Å². The van der Waals surface area contributed by atoms with Crippen molar-refractivity contribution in [3.63, 3.8) is 0 Å². The van der Waals surface area contributed by atoms with Crippen molar-refractivity contribution in [3.05, 3.63) is 16.1 Å². The maximum Gasteiger partial charge on any atom is 0.0954 e. The Hall–Kier alpha value is -0.410. The summed E-state index contributed by atoms with van der Waals surface area (Å²) in [5.74, 6) is 1.36. The van der Waals surface area contributed by atoms with E-state index >= 15 is 0 Å². The Morgan fingerprint density at radius 2 is 2.00 bits per heavy atom. The van der Waals surface area contributed by atoms with Crippen LogP contribution in [0.5, 0.6) is 0 Å². The molecule has 1 N–H and O–H groups in total. The van der Waals surface area contributed by atoms with Gasteiger partial charge >= 0.3 is 0 Å². The molecule has 16 heavy (non-hydrogen) atoms. The van der Waals surface area contributed by atoms with E-state index in [0.717, 1.165) is 19.0 Å². The van der Waals surface area contributed by atoms with Crippen LogP contribution in [0.4, 0.5) is 0 Å². The first kappa shape index (κ1) is 13.7. The van der Waals surface area contributed by atoms with Crippen LogP contribution in [0.3, 0.4) is 0 Å². The van der Waals surface area contributed by atoms with E-state index in [1.54, 1.807) is 11.3 Å². The van der Waals surface area contributed by atoms with Crippen LogP contribution in [-0.4, -0.2) is 11.5 Å². The van der Waals surface area contributed by atoms with Gasteiger partial charge in [-0.3, -0.25) is 0 Å². The Morgan fingerprint density at radius 1 is 1.31 bits per heavy atom. The van der Waals surface area contributed by atoms with Crippen molar-refractivity contribution in [2.75, 3.05) is 6.54 Å². The molecule has 0 amide bonds. The maximum absolute atomic E-state index is 4.61. The molecule has 0 spiro atoms. The van der Waals surface area contributed by atoms with Crippen LogP contribution in [0.1, 0.15) is 57.2 Å². The number of hydrogen-bond acceptors (Lipinski definition) is 3. The maximum atomic E-state index is 4.61. The van der Waals surface area contributed by atoms with Crippen LogP contribution in [0.15, 0.2) is 5.38 Å². The lowest BCUT2D eigenvalue weighted by Crippen LogP contribution is -2.21. The van der Waals surface area contributed by atoms with Crippen molar-refractivity contribution >= 4 is 11.3 Å². The van der Waals surface area contributed by atoms with Crippen molar-refractivity contribution < 1.29 is 0 Å². The minimum Gasteiger partial charge on any atom is -0.311 e. The summed E-state index contributed by atoms with van der Waals surface area (Å²) in [7, 11) is 0. The zero-order chi connectivity index (χ0) is 12.0. The Morgan fingerprint density at radius 3 is 2.50 bits per heavy atom. The summed E-state index contributed by atoms with van der Waals surface area (Å²) in [6.45, 7) is 10.9. The highest BCUT2D eigenvalue weighted by Gasteiger charge is 2.06. The second-order valence-corrected chi connectivity index (χ2v) is 5.53. The molecule has 0 aliphatic carbocycles. The molecule has 0 atom stereocenters. The fraction of sp³-hybridized carbons (Fsp3) is 0.769. The largest absolute Gasteiger partial charge is 0.311 e. The number of hydrogen-bond donors (Lipinski definition) is 1. The van der Waals surface area contributed by atoms with E-state index in [2.05, 4.69) is 43.4 Å². The summed E-state index contributed by atoms with van der Waals surface area (Å²) in [5.41, 5.74) is 1.19. The van der Waals surface area contributed by atoms with Crippen molar-refractivity contribution in [1.29, 1.82) is 0 Å². The van der Waals surface area contributed by atoms with Crippen LogP contribution >= 0.6 is 11.3 Å². The van der Waals surface area contributed by atoms with Gasteiger partial charge in [-0.25, -0.2) is 4.98 Å². The van der Waals surface area contributed by atoms with Crippen LogP contribution in [-0.2, 0) is 6.54 Å². The van der Waals surface area contributed by atoms with Gasteiger partial charge in [0.15, 0.2) is 0 Å². The molecule has 1 aromatic rings. The number of nitrogens with zero attached hydrogens (tertiary/aromatic N) is 1. The summed E-state index contributed by atoms with van der Waals surface area (Å²) < 4.78 is 0. The molecule has 0 unspecified atom stereocenters. The van der Waals surface area contributed by atoms with Gasteiger partial charge in [0.1, 0.15) is 0 Å². The molecule has 0 aliphatic heterocycles. The summed E-state index contributed by atoms with van der Waals surface area (Å²) in [5, 5.41) is 6.93. The number of thiazole rings is 1. The highest BCUT2D eigenvalue weighted by atomic mass is 32.1. The summed E-state index contributed by atoms with van der Waals surface area (Å²) in [6.07, 6.45) is 2.52. The average molecular weight is 240 g/mol. The zero-order valence-electron chi connectivity index (χ0n) is 10.9. The Bertz CT molecular complexity index is 290. The molecule has 92 valence electrons. The molecular weight excluding hydrogens is 216 g/mol. The van der Waals surface area contributed by atoms with Crippen LogP contribution in [0, 0.1) is 5.92 Å². The molecule has 1 aromatic heterocycles. The normalized spacial score (nSPS) is 11.6. The van der Waals surface area contributed by atoms with Crippen molar-refractivity contribution in [3.8, 4) is 0 Å². The molecule has 0 bridgehead atoms. The lowest BCUT2D eigenvalue weighted by Gasteiger charge is -2.12.